The number of nitrogens with zero attached hydrogens (tertiary/aromatic N) is 2. The van der Waals surface area contributed by atoms with E-state index in [1.165, 1.54) is 14.2 Å². The summed E-state index contributed by atoms with van der Waals surface area (Å²) in [4.78, 5) is 8.04. The van der Waals surface area contributed by atoms with E-state index in [2.05, 4.69) is 25.9 Å². The largest absolute Gasteiger partial charge is 0.480 e. The van der Waals surface area contributed by atoms with E-state index in [9.17, 15) is 0 Å². The number of halogens is 1. The van der Waals surface area contributed by atoms with Gasteiger partial charge in [-0.1, -0.05) is 0 Å². The van der Waals surface area contributed by atoms with Gasteiger partial charge in [0, 0.05) is 13.0 Å². The standard InChI is InChI=1S/C8H11BrN2O3/c1-13-7-6(9)5(3-4-12)10-8(11-7)14-2/h12H,3-4H2,1-2H3. The fourth-order valence-corrected chi connectivity index (χ4v) is 1.48. The maximum Gasteiger partial charge on any atom is 0.319 e. The Hall–Kier alpha value is -0.880. The maximum atomic E-state index is 8.81. The van der Waals surface area contributed by atoms with Gasteiger partial charge in [0.15, 0.2) is 0 Å². The SMILES string of the molecule is COc1nc(CCO)c(Br)c(OC)n1. The van der Waals surface area contributed by atoms with Crippen LogP contribution >= 0.6 is 15.9 Å². The highest BCUT2D eigenvalue weighted by Gasteiger charge is 2.12. The first kappa shape index (κ1) is 11.2. The van der Waals surface area contributed by atoms with Gasteiger partial charge < -0.3 is 14.6 Å². The first-order valence-corrected chi connectivity index (χ1v) is 4.77. The molecule has 0 saturated heterocycles. The summed E-state index contributed by atoms with van der Waals surface area (Å²) in [6.45, 7) is 0.0158. The van der Waals surface area contributed by atoms with Gasteiger partial charge in [-0.15, -0.1) is 0 Å². The number of aliphatic hydroxyl groups excluding tert-OH is 1. The molecule has 0 aliphatic rings. The highest BCUT2D eigenvalue weighted by atomic mass is 79.9. The average Bonchev–Trinajstić information content (AvgIpc) is 2.21. The third-order valence-corrected chi connectivity index (χ3v) is 2.39. The fraction of sp³-hybridized carbons (Fsp3) is 0.500. The molecular weight excluding hydrogens is 252 g/mol. The van der Waals surface area contributed by atoms with Crippen molar-refractivity contribution in [2.75, 3.05) is 20.8 Å². The quantitative estimate of drug-likeness (QED) is 0.870. The number of ether oxygens (including phenoxy) is 2. The monoisotopic (exact) mass is 262 g/mol. The smallest absolute Gasteiger partial charge is 0.319 e. The topological polar surface area (TPSA) is 64.5 Å². The van der Waals surface area contributed by atoms with Crippen molar-refractivity contribution in [3.63, 3.8) is 0 Å². The van der Waals surface area contributed by atoms with Crippen molar-refractivity contribution in [2.45, 2.75) is 6.42 Å². The van der Waals surface area contributed by atoms with E-state index < -0.39 is 0 Å². The maximum absolute atomic E-state index is 8.81. The lowest BCUT2D eigenvalue weighted by Crippen LogP contribution is -2.03. The van der Waals surface area contributed by atoms with Crippen LogP contribution in [0, 0.1) is 0 Å². The van der Waals surface area contributed by atoms with E-state index in [1.807, 2.05) is 0 Å². The predicted molar refractivity (Wildman–Crippen MR) is 53.6 cm³/mol. The van der Waals surface area contributed by atoms with Crippen LogP contribution in [0.2, 0.25) is 0 Å². The molecule has 0 saturated carbocycles. The van der Waals surface area contributed by atoms with Gasteiger partial charge in [-0.05, 0) is 15.9 Å². The lowest BCUT2D eigenvalue weighted by atomic mass is 10.3. The Morgan fingerprint density at radius 1 is 1.29 bits per heavy atom. The van der Waals surface area contributed by atoms with Crippen LogP contribution in [-0.2, 0) is 6.42 Å². The van der Waals surface area contributed by atoms with Gasteiger partial charge in [-0.25, -0.2) is 0 Å². The number of rotatable bonds is 4. The summed E-state index contributed by atoms with van der Waals surface area (Å²) in [7, 11) is 2.99. The predicted octanol–water partition coefficient (Wildman–Crippen LogP) is 0.791. The van der Waals surface area contributed by atoms with E-state index in [-0.39, 0.29) is 12.6 Å². The van der Waals surface area contributed by atoms with Crippen molar-refractivity contribution in [1.82, 2.24) is 9.97 Å². The Morgan fingerprint density at radius 3 is 2.50 bits per heavy atom. The highest BCUT2D eigenvalue weighted by Crippen LogP contribution is 2.27. The van der Waals surface area contributed by atoms with Crippen LogP contribution in [0.5, 0.6) is 11.9 Å². The van der Waals surface area contributed by atoms with Gasteiger partial charge in [0.05, 0.1) is 19.9 Å². The Morgan fingerprint density at radius 2 is 2.00 bits per heavy atom. The van der Waals surface area contributed by atoms with Crippen LogP contribution in [0.15, 0.2) is 4.47 Å². The Kier molecular flexibility index (Phi) is 4.09. The summed E-state index contributed by atoms with van der Waals surface area (Å²) in [5.74, 6) is 0.403. The molecule has 0 bridgehead atoms. The normalized spacial score (nSPS) is 10.0. The lowest BCUT2D eigenvalue weighted by Gasteiger charge is -2.08. The van der Waals surface area contributed by atoms with Crippen molar-refractivity contribution in [3.05, 3.63) is 10.2 Å². The number of aromatic nitrogens is 2. The molecule has 1 N–H and O–H groups in total. The van der Waals surface area contributed by atoms with E-state index in [1.54, 1.807) is 0 Å². The number of hydrogen-bond donors (Lipinski definition) is 1. The average molecular weight is 263 g/mol. The van der Waals surface area contributed by atoms with E-state index in [4.69, 9.17) is 14.6 Å². The molecule has 78 valence electrons. The molecule has 1 aromatic rings. The van der Waals surface area contributed by atoms with Gasteiger partial charge >= 0.3 is 6.01 Å². The van der Waals surface area contributed by atoms with Gasteiger partial charge in [-0.3, -0.25) is 0 Å². The number of aliphatic hydroxyl groups is 1. The highest BCUT2D eigenvalue weighted by molar-refractivity contribution is 9.10. The van der Waals surface area contributed by atoms with Crippen LogP contribution in [0.3, 0.4) is 0 Å². The first-order valence-electron chi connectivity index (χ1n) is 3.98. The van der Waals surface area contributed by atoms with Crippen LogP contribution in [0.4, 0.5) is 0 Å². The van der Waals surface area contributed by atoms with Crippen LogP contribution in [-0.4, -0.2) is 35.9 Å². The summed E-state index contributed by atoms with van der Waals surface area (Å²) >= 11 is 3.29. The molecule has 0 aliphatic heterocycles. The minimum atomic E-state index is 0.0158. The van der Waals surface area contributed by atoms with Crippen molar-refractivity contribution in [2.24, 2.45) is 0 Å². The zero-order valence-corrected chi connectivity index (χ0v) is 9.54. The molecule has 0 aromatic carbocycles. The molecule has 0 fully saturated rings. The molecule has 1 heterocycles. The van der Waals surface area contributed by atoms with Gasteiger partial charge in [-0.2, -0.15) is 9.97 Å². The van der Waals surface area contributed by atoms with Gasteiger partial charge in [0.2, 0.25) is 5.88 Å². The summed E-state index contributed by atoms with van der Waals surface area (Å²) in [6, 6.07) is 0.230. The first-order chi connectivity index (χ1) is 6.72. The zero-order chi connectivity index (χ0) is 10.6. The summed E-state index contributed by atoms with van der Waals surface area (Å²) in [6.07, 6.45) is 0.426. The third-order valence-electron chi connectivity index (χ3n) is 1.59. The second kappa shape index (κ2) is 5.11. The number of methoxy groups -OCH3 is 2. The van der Waals surface area contributed by atoms with Crippen LogP contribution < -0.4 is 9.47 Å². The number of hydrogen-bond acceptors (Lipinski definition) is 5. The summed E-state index contributed by atoms with van der Waals surface area (Å²) in [5, 5.41) is 8.81. The molecule has 0 unspecified atom stereocenters. The molecule has 0 atom stereocenters. The Balaban J connectivity index is 3.12. The van der Waals surface area contributed by atoms with Gasteiger partial charge in [0.1, 0.15) is 4.47 Å². The molecule has 14 heavy (non-hydrogen) atoms. The zero-order valence-electron chi connectivity index (χ0n) is 7.95. The molecule has 5 nitrogen and oxygen atoms in total. The fourth-order valence-electron chi connectivity index (χ4n) is 0.947. The second-order valence-electron chi connectivity index (χ2n) is 2.45. The van der Waals surface area contributed by atoms with Gasteiger partial charge in [0.25, 0.3) is 0 Å². The molecule has 6 heteroatoms. The summed E-state index contributed by atoms with van der Waals surface area (Å²) < 4.78 is 10.6. The van der Waals surface area contributed by atoms with Crippen molar-refractivity contribution < 1.29 is 14.6 Å². The van der Waals surface area contributed by atoms with Crippen molar-refractivity contribution in [1.29, 1.82) is 0 Å². The van der Waals surface area contributed by atoms with Crippen LogP contribution in [0.25, 0.3) is 0 Å². The molecule has 0 spiro atoms. The molecule has 0 radical (unpaired) electrons. The third kappa shape index (κ3) is 2.33. The Labute approximate surface area is 90.2 Å². The van der Waals surface area contributed by atoms with E-state index >= 15 is 0 Å². The van der Waals surface area contributed by atoms with Crippen molar-refractivity contribution >= 4 is 15.9 Å². The second-order valence-corrected chi connectivity index (χ2v) is 3.25. The molecular formula is C8H11BrN2O3. The molecule has 0 aliphatic carbocycles. The van der Waals surface area contributed by atoms with E-state index in [0.717, 1.165) is 0 Å². The summed E-state index contributed by atoms with van der Waals surface area (Å²) in [5.41, 5.74) is 0.663. The lowest BCUT2D eigenvalue weighted by molar-refractivity contribution is 0.295. The molecule has 0 amide bonds. The van der Waals surface area contributed by atoms with Crippen molar-refractivity contribution in [3.8, 4) is 11.9 Å². The minimum Gasteiger partial charge on any atom is -0.480 e. The minimum absolute atomic E-state index is 0.0158. The Bertz CT molecular complexity index is 320. The molecule has 1 rings (SSSR count). The van der Waals surface area contributed by atoms with E-state index in [0.29, 0.717) is 22.5 Å². The van der Waals surface area contributed by atoms with Crippen LogP contribution in [0.1, 0.15) is 5.69 Å². The molecule has 1 aromatic heterocycles.